The highest BCUT2D eigenvalue weighted by atomic mass is 28.4. The Morgan fingerprint density at radius 1 is 1.00 bits per heavy atom. The van der Waals surface area contributed by atoms with Crippen LogP contribution in [0.2, 0.25) is 18.1 Å². The van der Waals surface area contributed by atoms with E-state index >= 15 is 0 Å². The Kier molecular flexibility index (Phi) is 5.69. The molecule has 160 valence electrons. The quantitative estimate of drug-likeness (QED) is 0.346. The van der Waals surface area contributed by atoms with Gasteiger partial charge in [-0.2, -0.15) is 5.10 Å². The smallest absolute Gasteiger partial charge is 0.192 e. The van der Waals surface area contributed by atoms with E-state index in [0.717, 1.165) is 33.7 Å². The average Bonchev–Trinajstić information content (AvgIpc) is 3.20. The molecule has 6 heteroatoms. The van der Waals surface area contributed by atoms with E-state index in [2.05, 4.69) is 73.5 Å². The van der Waals surface area contributed by atoms with Crippen LogP contribution in [0.25, 0.3) is 16.6 Å². The number of pyridine rings is 1. The zero-order valence-electron chi connectivity index (χ0n) is 18.9. The van der Waals surface area contributed by atoms with Gasteiger partial charge in [0.15, 0.2) is 8.32 Å². The molecule has 0 amide bonds. The lowest BCUT2D eigenvalue weighted by molar-refractivity contribution is 0.269. The molecule has 2 aromatic carbocycles. The van der Waals surface area contributed by atoms with Gasteiger partial charge in [-0.3, -0.25) is 4.98 Å². The molecule has 0 saturated carbocycles. The largest absolute Gasteiger partial charge is 0.411 e. The summed E-state index contributed by atoms with van der Waals surface area (Å²) in [6, 6.07) is 20.4. The van der Waals surface area contributed by atoms with E-state index in [-0.39, 0.29) is 5.04 Å². The van der Waals surface area contributed by atoms with Crippen molar-refractivity contribution in [1.82, 2.24) is 14.8 Å². The number of fused-ring (bicyclic) bond motifs is 1. The maximum Gasteiger partial charge on any atom is 0.192 e. The highest BCUT2D eigenvalue weighted by molar-refractivity contribution is 6.74. The van der Waals surface area contributed by atoms with Gasteiger partial charge in [-0.1, -0.05) is 51.1 Å². The van der Waals surface area contributed by atoms with Crippen LogP contribution in [0.4, 0.5) is 11.4 Å². The topological polar surface area (TPSA) is 52.0 Å². The second-order valence-electron chi connectivity index (χ2n) is 9.34. The number of hydrogen-bond donors (Lipinski definition) is 1. The van der Waals surface area contributed by atoms with Gasteiger partial charge in [0.05, 0.1) is 41.1 Å². The van der Waals surface area contributed by atoms with E-state index in [1.54, 1.807) is 0 Å². The number of hydrogen-bond acceptors (Lipinski definition) is 4. The first-order chi connectivity index (χ1) is 14.7. The molecule has 4 aromatic rings. The van der Waals surface area contributed by atoms with Crippen LogP contribution in [-0.4, -0.2) is 23.1 Å². The minimum atomic E-state index is -1.85. The first-order valence-corrected chi connectivity index (χ1v) is 13.5. The van der Waals surface area contributed by atoms with Crippen molar-refractivity contribution in [1.29, 1.82) is 0 Å². The molecule has 0 spiro atoms. The van der Waals surface area contributed by atoms with Gasteiger partial charge in [-0.25, -0.2) is 4.68 Å². The van der Waals surface area contributed by atoms with Crippen LogP contribution in [-0.2, 0) is 11.0 Å². The van der Waals surface area contributed by atoms with Crippen molar-refractivity contribution in [3.05, 3.63) is 78.8 Å². The normalized spacial score (nSPS) is 12.3. The Hall–Kier alpha value is -2.96. The first-order valence-electron chi connectivity index (χ1n) is 10.6. The molecule has 0 bridgehead atoms. The standard InChI is InChI=1S/C25H30N4OSi/c1-25(2,3)31(4,5)30-18-21-14-15-27-29(21)24-13-9-8-12-23(24)28-20-16-19-10-6-7-11-22(19)26-17-20/h6-17,28H,18H2,1-5H3. The minimum Gasteiger partial charge on any atom is -0.411 e. The van der Waals surface area contributed by atoms with Crippen LogP contribution in [0.1, 0.15) is 26.5 Å². The maximum atomic E-state index is 6.45. The van der Waals surface area contributed by atoms with Crippen LogP contribution in [0.15, 0.2) is 73.1 Å². The van der Waals surface area contributed by atoms with E-state index in [9.17, 15) is 0 Å². The van der Waals surface area contributed by atoms with Gasteiger partial charge >= 0.3 is 0 Å². The zero-order chi connectivity index (χ0) is 22.1. The summed E-state index contributed by atoms with van der Waals surface area (Å²) in [6.07, 6.45) is 3.70. The van der Waals surface area contributed by atoms with E-state index < -0.39 is 8.32 Å². The number of benzene rings is 2. The minimum absolute atomic E-state index is 0.167. The molecule has 0 saturated heterocycles. The fraction of sp³-hybridized carbons (Fsp3) is 0.280. The summed E-state index contributed by atoms with van der Waals surface area (Å²) in [7, 11) is -1.85. The SMILES string of the molecule is CC(C)(C)[Si](C)(C)OCc1ccnn1-c1ccccc1Nc1cnc2ccccc2c1. The van der Waals surface area contributed by atoms with Crippen LogP contribution in [0.3, 0.4) is 0 Å². The Morgan fingerprint density at radius 3 is 2.55 bits per heavy atom. The summed E-state index contributed by atoms with van der Waals surface area (Å²) in [5.74, 6) is 0. The molecule has 0 unspecified atom stereocenters. The van der Waals surface area contributed by atoms with Crippen molar-refractivity contribution in [3.8, 4) is 5.69 Å². The van der Waals surface area contributed by atoms with Crippen molar-refractivity contribution >= 4 is 30.6 Å². The van der Waals surface area contributed by atoms with Gasteiger partial charge in [0.2, 0.25) is 0 Å². The molecule has 2 aromatic heterocycles. The van der Waals surface area contributed by atoms with Crippen LogP contribution < -0.4 is 5.32 Å². The Labute approximate surface area is 185 Å². The molecule has 0 aliphatic carbocycles. The lowest BCUT2D eigenvalue weighted by atomic mass is 10.2. The van der Waals surface area contributed by atoms with Crippen LogP contribution in [0.5, 0.6) is 0 Å². The summed E-state index contributed by atoms with van der Waals surface area (Å²) in [4.78, 5) is 4.57. The molecule has 1 N–H and O–H groups in total. The third kappa shape index (κ3) is 4.55. The van der Waals surface area contributed by atoms with Crippen molar-refractivity contribution in [2.75, 3.05) is 5.32 Å². The van der Waals surface area contributed by atoms with Crippen LogP contribution >= 0.6 is 0 Å². The Morgan fingerprint density at radius 2 is 1.74 bits per heavy atom. The molecule has 31 heavy (non-hydrogen) atoms. The van der Waals surface area contributed by atoms with Gasteiger partial charge < -0.3 is 9.74 Å². The number of anilines is 2. The van der Waals surface area contributed by atoms with Crippen molar-refractivity contribution in [2.24, 2.45) is 0 Å². The number of rotatable bonds is 6. The number of para-hydroxylation sites is 3. The summed E-state index contributed by atoms with van der Waals surface area (Å²) >= 11 is 0. The van der Waals surface area contributed by atoms with E-state index in [1.165, 1.54) is 0 Å². The van der Waals surface area contributed by atoms with Crippen molar-refractivity contribution < 1.29 is 4.43 Å². The van der Waals surface area contributed by atoms with E-state index in [0.29, 0.717) is 6.61 Å². The fourth-order valence-corrected chi connectivity index (χ4v) is 4.13. The molecule has 0 fully saturated rings. The summed E-state index contributed by atoms with van der Waals surface area (Å²) in [5.41, 5.74) is 4.91. The van der Waals surface area contributed by atoms with Crippen LogP contribution in [0, 0.1) is 0 Å². The van der Waals surface area contributed by atoms with Gasteiger partial charge in [0.25, 0.3) is 0 Å². The van der Waals surface area contributed by atoms with Gasteiger partial charge in [0, 0.05) is 11.6 Å². The average molecular weight is 431 g/mol. The highest BCUT2D eigenvalue weighted by Gasteiger charge is 2.37. The molecule has 0 radical (unpaired) electrons. The third-order valence-electron chi connectivity index (χ3n) is 6.11. The molecule has 5 nitrogen and oxygen atoms in total. The van der Waals surface area contributed by atoms with Gasteiger partial charge in [0.1, 0.15) is 0 Å². The Balaban J connectivity index is 1.61. The second kappa shape index (κ2) is 8.28. The summed E-state index contributed by atoms with van der Waals surface area (Å²) < 4.78 is 8.42. The Bertz CT molecular complexity index is 1190. The summed E-state index contributed by atoms with van der Waals surface area (Å²) in [6.45, 7) is 11.9. The maximum absolute atomic E-state index is 6.45. The molecule has 0 aliphatic rings. The predicted molar refractivity (Wildman–Crippen MR) is 131 cm³/mol. The van der Waals surface area contributed by atoms with E-state index in [4.69, 9.17) is 4.43 Å². The van der Waals surface area contributed by atoms with Gasteiger partial charge in [-0.05, 0) is 48.5 Å². The molecular formula is C25H30N4OSi. The molecule has 4 rings (SSSR count). The zero-order valence-corrected chi connectivity index (χ0v) is 19.9. The molecule has 2 heterocycles. The monoisotopic (exact) mass is 430 g/mol. The summed E-state index contributed by atoms with van der Waals surface area (Å²) in [5, 5.41) is 9.39. The number of nitrogens with zero attached hydrogens (tertiary/aromatic N) is 3. The number of nitrogens with one attached hydrogen (secondary N) is 1. The second-order valence-corrected chi connectivity index (χ2v) is 14.2. The fourth-order valence-electron chi connectivity index (χ4n) is 3.19. The third-order valence-corrected chi connectivity index (χ3v) is 10.6. The lowest BCUT2D eigenvalue weighted by Crippen LogP contribution is -2.40. The molecular weight excluding hydrogens is 400 g/mol. The first kappa shape index (κ1) is 21.3. The molecule has 0 atom stereocenters. The number of aromatic nitrogens is 3. The van der Waals surface area contributed by atoms with Gasteiger partial charge in [-0.15, -0.1) is 0 Å². The predicted octanol–water partition coefficient (Wildman–Crippen LogP) is 6.69. The van der Waals surface area contributed by atoms with Crippen molar-refractivity contribution in [2.45, 2.75) is 45.5 Å². The molecule has 0 aliphatic heterocycles. The van der Waals surface area contributed by atoms with E-state index in [1.807, 2.05) is 53.5 Å². The van der Waals surface area contributed by atoms with Crippen molar-refractivity contribution in [3.63, 3.8) is 0 Å². The lowest BCUT2D eigenvalue weighted by Gasteiger charge is -2.36. The highest BCUT2D eigenvalue weighted by Crippen LogP contribution is 2.37.